The normalized spacial score (nSPS) is 19.7. The molecule has 2 fully saturated rings. The van der Waals surface area contributed by atoms with E-state index in [4.69, 9.17) is 4.74 Å². The number of nitrogens with zero attached hydrogens (tertiary/aromatic N) is 2. The second-order valence-electron chi connectivity index (χ2n) is 9.00. The average molecular weight is 449 g/mol. The number of amides is 2. The first-order valence-corrected chi connectivity index (χ1v) is 12.0. The third kappa shape index (κ3) is 6.02. The molecule has 1 aromatic carbocycles. The zero-order valence-corrected chi connectivity index (χ0v) is 19.0. The highest BCUT2D eigenvalue weighted by Crippen LogP contribution is 2.24. The molecule has 0 bridgehead atoms. The minimum Gasteiger partial charge on any atom is -0.376 e. The molecule has 0 radical (unpaired) electrons. The molecule has 2 N–H and O–H groups in total. The van der Waals surface area contributed by atoms with E-state index in [1.807, 2.05) is 35.0 Å². The molecule has 1 saturated heterocycles. The molecular weight excluding hydrogens is 416 g/mol. The molecule has 2 aromatic rings. The molecule has 1 aliphatic heterocycles. The number of carbonyl (C=O) groups excluding carboxylic acids is 2. The Balaban J connectivity index is 1.49. The smallest absolute Gasteiger partial charge is 0.262 e. The molecule has 1 saturated carbocycles. The van der Waals surface area contributed by atoms with E-state index in [1.54, 1.807) is 6.08 Å². The topological polar surface area (TPSA) is 96.2 Å². The molecule has 33 heavy (non-hydrogen) atoms. The highest BCUT2D eigenvalue weighted by atomic mass is 16.5. The van der Waals surface area contributed by atoms with Crippen LogP contribution in [0, 0.1) is 11.3 Å². The summed E-state index contributed by atoms with van der Waals surface area (Å²) in [7, 11) is 0. The lowest BCUT2D eigenvalue weighted by Crippen LogP contribution is -2.35. The average Bonchev–Trinajstić information content (AvgIpc) is 3.38. The number of nitrogens with one attached hydrogen (secondary N) is 2. The van der Waals surface area contributed by atoms with Crippen LogP contribution < -0.4 is 10.6 Å². The van der Waals surface area contributed by atoms with Crippen molar-refractivity contribution in [2.24, 2.45) is 0 Å². The first kappa shape index (κ1) is 23.1. The van der Waals surface area contributed by atoms with Crippen molar-refractivity contribution < 1.29 is 14.3 Å². The van der Waals surface area contributed by atoms with E-state index in [0.717, 1.165) is 61.6 Å². The Hall–Kier alpha value is -3.11. The molecule has 2 amide bonds. The monoisotopic (exact) mass is 448 g/mol. The minimum absolute atomic E-state index is 0.0879. The summed E-state index contributed by atoms with van der Waals surface area (Å²) in [4.78, 5) is 25.3. The Morgan fingerprint density at radius 1 is 1.12 bits per heavy atom. The number of carbonyl (C=O) groups is 2. The number of rotatable bonds is 7. The molecule has 1 unspecified atom stereocenters. The first-order chi connectivity index (χ1) is 16.1. The van der Waals surface area contributed by atoms with Crippen LogP contribution in [0.25, 0.3) is 17.0 Å². The van der Waals surface area contributed by atoms with Crippen molar-refractivity contribution in [3.8, 4) is 6.07 Å². The molecule has 0 spiro atoms. The molecule has 7 nitrogen and oxygen atoms in total. The van der Waals surface area contributed by atoms with Gasteiger partial charge >= 0.3 is 0 Å². The molecular formula is C26H32N4O3. The van der Waals surface area contributed by atoms with E-state index in [1.165, 1.54) is 12.8 Å². The van der Waals surface area contributed by atoms with Gasteiger partial charge in [0.15, 0.2) is 0 Å². The van der Waals surface area contributed by atoms with E-state index >= 15 is 0 Å². The van der Waals surface area contributed by atoms with Crippen molar-refractivity contribution in [2.45, 2.75) is 70.1 Å². The molecule has 1 aromatic heterocycles. The molecule has 4 rings (SSSR count). The lowest BCUT2D eigenvalue weighted by Gasteiger charge is -2.15. The predicted molar refractivity (Wildman–Crippen MR) is 127 cm³/mol. The highest BCUT2D eigenvalue weighted by molar-refractivity contribution is 6.04. The summed E-state index contributed by atoms with van der Waals surface area (Å²) in [6.45, 7) is 1.44. The highest BCUT2D eigenvalue weighted by Gasteiger charge is 2.19. The molecule has 7 heteroatoms. The van der Waals surface area contributed by atoms with Crippen molar-refractivity contribution in [3.05, 3.63) is 41.6 Å². The summed E-state index contributed by atoms with van der Waals surface area (Å²) < 4.78 is 7.44. The number of ether oxygens (including phenoxy) is 1. The van der Waals surface area contributed by atoms with Crippen LogP contribution in [0.4, 0.5) is 0 Å². The number of benzene rings is 1. The number of para-hydroxylation sites is 1. The fraction of sp³-hybridized carbons (Fsp3) is 0.500. The van der Waals surface area contributed by atoms with Gasteiger partial charge in [0.2, 0.25) is 5.91 Å². The summed E-state index contributed by atoms with van der Waals surface area (Å²) in [6.07, 6.45) is 12.1. The SMILES string of the molecule is N#C/C(=C\c1cn(CC(=O)NCC2CCCO2)c2ccccc12)C(=O)NC1CCCCCC1. The van der Waals surface area contributed by atoms with Crippen LogP contribution >= 0.6 is 0 Å². The maximum absolute atomic E-state index is 12.8. The maximum atomic E-state index is 12.8. The summed E-state index contributed by atoms with van der Waals surface area (Å²) >= 11 is 0. The van der Waals surface area contributed by atoms with Gasteiger partial charge in [-0.25, -0.2) is 0 Å². The summed E-state index contributed by atoms with van der Waals surface area (Å²) in [5, 5.41) is 16.6. The van der Waals surface area contributed by atoms with Crippen LogP contribution in [0.3, 0.4) is 0 Å². The fourth-order valence-electron chi connectivity index (χ4n) is 4.76. The molecule has 2 heterocycles. The fourth-order valence-corrected chi connectivity index (χ4v) is 4.76. The predicted octanol–water partition coefficient (Wildman–Crippen LogP) is 3.68. The van der Waals surface area contributed by atoms with Gasteiger partial charge in [0, 0.05) is 41.9 Å². The molecule has 1 atom stereocenters. The summed E-state index contributed by atoms with van der Waals surface area (Å²) in [6, 6.07) is 9.92. The number of hydrogen-bond donors (Lipinski definition) is 2. The lowest BCUT2D eigenvalue weighted by atomic mass is 10.1. The van der Waals surface area contributed by atoms with Gasteiger partial charge in [0.25, 0.3) is 5.91 Å². The Morgan fingerprint density at radius 2 is 1.91 bits per heavy atom. The molecule has 2 aliphatic rings. The van der Waals surface area contributed by atoms with Crippen molar-refractivity contribution >= 4 is 28.8 Å². The van der Waals surface area contributed by atoms with Crippen LogP contribution in [0.2, 0.25) is 0 Å². The summed E-state index contributed by atoms with van der Waals surface area (Å²) in [5.41, 5.74) is 1.73. The van der Waals surface area contributed by atoms with Crippen molar-refractivity contribution in [3.63, 3.8) is 0 Å². The van der Waals surface area contributed by atoms with Gasteiger partial charge in [-0.05, 0) is 37.8 Å². The Bertz CT molecular complexity index is 1050. The van der Waals surface area contributed by atoms with Gasteiger partial charge in [-0.1, -0.05) is 43.9 Å². The minimum atomic E-state index is -0.324. The van der Waals surface area contributed by atoms with Crippen molar-refractivity contribution in [1.29, 1.82) is 5.26 Å². The van der Waals surface area contributed by atoms with E-state index in [0.29, 0.717) is 6.54 Å². The van der Waals surface area contributed by atoms with E-state index in [-0.39, 0.29) is 36.1 Å². The van der Waals surface area contributed by atoms with Crippen LogP contribution in [-0.4, -0.2) is 41.7 Å². The lowest BCUT2D eigenvalue weighted by molar-refractivity contribution is -0.122. The van der Waals surface area contributed by atoms with Crippen LogP contribution in [-0.2, 0) is 20.9 Å². The summed E-state index contributed by atoms with van der Waals surface area (Å²) in [5.74, 6) is -0.413. The van der Waals surface area contributed by atoms with E-state index in [2.05, 4.69) is 16.7 Å². The Morgan fingerprint density at radius 3 is 2.64 bits per heavy atom. The van der Waals surface area contributed by atoms with Gasteiger partial charge in [-0.15, -0.1) is 0 Å². The maximum Gasteiger partial charge on any atom is 0.262 e. The van der Waals surface area contributed by atoms with Gasteiger partial charge in [0.05, 0.1) is 6.10 Å². The van der Waals surface area contributed by atoms with Gasteiger partial charge in [0.1, 0.15) is 18.2 Å². The third-order valence-electron chi connectivity index (χ3n) is 6.54. The van der Waals surface area contributed by atoms with E-state index in [9.17, 15) is 14.9 Å². The molecule has 1 aliphatic carbocycles. The zero-order valence-electron chi connectivity index (χ0n) is 19.0. The van der Waals surface area contributed by atoms with E-state index < -0.39 is 0 Å². The quantitative estimate of drug-likeness (QED) is 0.384. The Kier molecular flexibility index (Phi) is 7.79. The van der Waals surface area contributed by atoms with Crippen molar-refractivity contribution in [2.75, 3.05) is 13.2 Å². The van der Waals surface area contributed by atoms with Crippen LogP contribution in [0.15, 0.2) is 36.0 Å². The number of aromatic nitrogens is 1. The second-order valence-corrected chi connectivity index (χ2v) is 9.00. The Labute approximate surface area is 194 Å². The van der Waals surface area contributed by atoms with Crippen molar-refractivity contribution in [1.82, 2.24) is 15.2 Å². The number of fused-ring (bicyclic) bond motifs is 1. The standard InChI is InChI=1S/C26H32N4O3/c27-15-19(26(32)29-21-8-3-1-2-4-9-21)14-20-17-30(24-12-6-5-11-23(20)24)18-25(31)28-16-22-10-7-13-33-22/h5-6,11-12,14,17,21-22H,1-4,7-10,13,16,18H2,(H,28,31)(H,29,32)/b19-14+. The number of nitriles is 1. The third-order valence-corrected chi connectivity index (χ3v) is 6.54. The largest absolute Gasteiger partial charge is 0.376 e. The first-order valence-electron chi connectivity index (χ1n) is 12.0. The van der Waals surface area contributed by atoms with Gasteiger partial charge in [-0.2, -0.15) is 5.26 Å². The van der Waals surface area contributed by atoms with Gasteiger partial charge < -0.3 is 19.9 Å². The van der Waals surface area contributed by atoms with Gasteiger partial charge in [-0.3, -0.25) is 9.59 Å². The molecule has 174 valence electrons. The number of hydrogen-bond acceptors (Lipinski definition) is 4. The van der Waals surface area contributed by atoms with Crippen LogP contribution in [0.1, 0.15) is 56.9 Å². The zero-order chi connectivity index (χ0) is 23.0. The second kappa shape index (κ2) is 11.2. The van der Waals surface area contributed by atoms with Crippen LogP contribution in [0.5, 0.6) is 0 Å².